The number of carbonyl (C=O) groups is 1. The van der Waals surface area contributed by atoms with Crippen molar-refractivity contribution in [2.45, 2.75) is 64.4 Å². The molecule has 0 spiro atoms. The number of aromatic nitrogens is 2. The number of halogens is 2. The summed E-state index contributed by atoms with van der Waals surface area (Å²) in [6, 6.07) is 6.86. The van der Waals surface area contributed by atoms with Crippen LogP contribution in [0.2, 0.25) is 18.1 Å². The van der Waals surface area contributed by atoms with Gasteiger partial charge in [-0.2, -0.15) is 5.10 Å². The molecule has 4 rings (SSSR count). The molecule has 2 aromatic heterocycles. The van der Waals surface area contributed by atoms with Gasteiger partial charge < -0.3 is 14.1 Å². The molecule has 0 unspecified atom stereocenters. The van der Waals surface area contributed by atoms with Crippen LogP contribution in [0.1, 0.15) is 56.1 Å². The van der Waals surface area contributed by atoms with Crippen LogP contribution in [0.4, 0.5) is 14.5 Å². The van der Waals surface area contributed by atoms with Crippen molar-refractivity contribution in [3.63, 3.8) is 0 Å². The van der Waals surface area contributed by atoms with Crippen molar-refractivity contribution >= 4 is 25.5 Å². The normalized spacial score (nSPS) is 18.9. The number of esters is 1. The van der Waals surface area contributed by atoms with Crippen molar-refractivity contribution in [2.75, 3.05) is 18.1 Å². The Morgan fingerprint density at radius 2 is 1.94 bits per heavy atom. The highest BCUT2D eigenvalue weighted by atomic mass is 28.4. The fourth-order valence-electron chi connectivity index (χ4n) is 4.34. The SMILES string of the molecule is CCOC(=O)c1cnn2ccc(N3C[C@H](O[Si](C)(C)C(C)(C)C)C[C@@H]3c3cc(F)ccc3F)cc12. The van der Waals surface area contributed by atoms with Crippen LogP contribution in [0.15, 0.2) is 42.7 Å². The van der Waals surface area contributed by atoms with Crippen molar-refractivity contribution in [1.29, 1.82) is 0 Å². The first kappa shape index (κ1) is 25.3. The second kappa shape index (κ2) is 9.35. The molecule has 1 aliphatic rings. The molecule has 1 aliphatic heterocycles. The largest absolute Gasteiger partial charge is 0.462 e. The number of anilines is 1. The lowest BCUT2D eigenvalue weighted by Gasteiger charge is -2.38. The van der Waals surface area contributed by atoms with Crippen molar-refractivity contribution in [3.05, 3.63) is 65.5 Å². The molecule has 1 fully saturated rings. The lowest BCUT2D eigenvalue weighted by atomic mass is 10.0. The minimum Gasteiger partial charge on any atom is -0.462 e. The maximum absolute atomic E-state index is 14.9. The molecule has 1 saturated heterocycles. The van der Waals surface area contributed by atoms with Gasteiger partial charge in [0.1, 0.15) is 17.2 Å². The minimum absolute atomic E-state index is 0.0189. The van der Waals surface area contributed by atoms with E-state index in [9.17, 15) is 13.6 Å². The Kier molecular flexibility index (Phi) is 6.76. The van der Waals surface area contributed by atoms with Gasteiger partial charge >= 0.3 is 5.97 Å². The van der Waals surface area contributed by atoms with Crippen LogP contribution in [0.5, 0.6) is 0 Å². The Bertz CT molecular complexity index is 1240. The number of hydrogen-bond acceptors (Lipinski definition) is 5. The van der Waals surface area contributed by atoms with Crippen LogP contribution >= 0.6 is 0 Å². The summed E-state index contributed by atoms with van der Waals surface area (Å²) in [6.45, 7) is 13.5. The van der Waals surface area contributed by atoms with E-state index in [-0.39, 0.29) is 17.7 Å². The van der Waals surface area contributed by atoms with Gasteiger partial charge in [0.25, 0.3) is 0 Å². The number of carbonyl (C=O) groups excluding carboxylic acids is 1. The third-order valence-electron chi connectivity index (χ3n) is 7.18. The molecule has 9 heteroatoms. The molecule has 0 N–H and O–H groups in total. The van der Waals surface area contributed by atoms with Gasteiger partial charge in [-0.25, -0.2) is 18.1 Å². The molecule has 0 radical (unpaired) electrons. The summed E-state index contributed by atoms with van der Waals surface area (Å²) in [6.07, 6.45) is 3.62. The van der Waals surface area contributed by atoms with Gasteiger partial charge in [-0.3, -0.25) is 0 Å². The van der Waals surface area contributed by atoms with Crippen molar-refractivity contribution in [1.82, 2.24) is 9.61 Å². The fraction of sp³-hybridized carbons (Fsp3) is 0.462. The summed E-state index contributed by atoms with van der Waals surface area (Å²) in [5.41, 5.74) is 2.02. The second-order valence-corrected chi connectivity index (χ2v) is 15.3. The van der Waals surface area contributed by atoms with Crippen LogP contribution in [0.3, 0.4) is 0 Å². The molecule has 0 aliphatic carbocycles. The number of nitrogens with zero attached hydrogens (tertiary/aromatic N) is 3. The van der Waals surface area contributed by atoms with E-state index in [4.69, 9.17) is 9.16 Å². The van der Waals surface area contributed by atoms with Crippen LogP contribution in [-0.4, -0.2) is 43.2 Å². The highest BCUT2D eigenvalue weighted by molar-refractivity contribution is 6.74. The van der Waals surface area contributed by atoms with Gasteiger partial charge in [0.15, 0.2) is 8.32 Å². The lowest BCUT2D eigenvalue weighted by Crippen LogP contribution is -2.44. The van der Waals surface area contributed by atoms with E-state index in [0.717, 1.165) is 11.8 Å². The van der Waals surface area contributed by atoms with Crippen molar-refractivity contribution in [2.24, 2.45) is 0 Å². The topological polar surface area (TPSA) is 56.1 Å². The van der Waals surface area contributed by atoms with Crippen LogP contribution in [0.25, 0.3) is 5.52 Å². The molecule has 2 atom stereocenters. The Morgan fingerprint density at radius 1 is 1.20 bits per heavy atom. The zero-order valence-electron chi connectivity index (χ0n) is 21.1. The first-order valence-corrected chi connectivity index (χ1v) is 14.9. The lowest BCUT2D eigenvalue weighted by molar-refractivity contribution is 0.0528. The molecule has 0 bridgehead atoms. The van der Waals surface area contributed by atoms with Gasteiger partial charge in [-0.15, -0.1) is 0 Å². The van der Waals surface area contributed by atoms with E-state index in [2.05, 4.69) is 39.0 Å². The zero-order valence-corrected chi connectivity index (χ0v) is 22.1. The first-order valence-electron chi connectivity index (χ1n) is 11.9. The second-order valence-electron chi connectivity index (χ2n) is 10.6. The van der Waals surface area contributed by atoms with E-state index in [1.54, 1.807) is 17.6 Å². The van der Waals surface area contributed by atoms with Crippen LogP contribution < -0.4 is 4.90 Å². The smallest absolute Gasteiger partial charge is 0.341 e. The van der Waals surface area contributed by atoms with Crippen molar-refractivity contribution in [3.8, 4) is 0 Å². The predicted octanol–water partition coefficient (Wildman–Crippen LogP) is 6.13. The van der Waals surface area contributed by atoms with Gasteiger partial charge in [0.05, 0.1) is 30.5 Å². The third kappa shape index (κ3) is 4.97. The number of hydrogen-bond donors (Lipinski definition) is 0. The first-order chi connectivity index (χ1) is 16.4. The van der Waals surface area contributed by atoms with E-state index in [1.165, 1.54) is 18.3 Å². The molecule has 3 heterocycles. The van der Waals surface area contributed by atoms with E-state index in [0.29, 0.717) is 29.6 Å². The van der Waals surface area contributed by atoms with Crippen LogP contribution in [0, 0.1) is 11.6 Å². The van der Waals surface area contributed by atoms with Crippen molar-refractivity contribution < 1.29 is 22.7 Å². The summed E-state index contributed by atoms with van der Waals surface area (Å²) in [7, 11) is -2.09. The number of pyridine rings is 1. The maximum atomic E-state index is 14.9. The van der Waals surface area contributed by atoms with E-state index < -0.39 is 32.0 Å². The number of ether oxygens (including phenoxy) is 1. The number of rotatable bonds is 6. The highest BCUT2D eigenvalue weighted by Crippen LogP contribution is 2.43. The molecule has 3 aromatic rings. The molecule has 1 aromatic carbocycles. The molecule has 188 valence electrons. The van der Waals surface area contributed by atoms with E-state index >= 15 is 0 Å². The average molecular weight is 502 g/mol. The Hall–Kier alpha value is -2.78. The molecule has 6 nitrogen and oxygen atoms in total. The molecule has 0 saturated carbocycles. The van der Waals surface area contributed by atoms with Crippen LogP contribution in [-0.2, 0) is 9.16 Å². The average Bonchev–Trinajstić information content (AvgIpc) is 3.38. The fourth-order valence-corrected chi connectivity index (χ4v) is 5.70. The van der Waals surface area contributed by atoms with Gasteiger partial charge in [-0.1, -0.05) is 20.8 Å². The molecular weight excluding hydrogens is 468 g/mol. The molecule has 0 amide bonds. The number of benzene rings is 1. The predicted molar refractivity (Wildman–Crippen MR) is 134 cm³/mol. The van der Waals surface area contributed by atoms with Gasteiger partial charge in [0.2, 0.25) is 0 Å². The van der Waals surface area contributed by atoms with Gasteiger partial charge in [-0.05, 0) is 61.8 Å². The monoisotopic (exact) mass is 501 g/mol. The van der Waals surface area contributed by atoms with E-state index in [1.807, 2.05) is 17.0 Å². The minimum atomic E-state index is -2.09. The summed E-state index contributed by atoms with van der Waals surface area (Å²) in [5.74, 6) is -1.38. The molecule has 35 heavy (non-hydrogen) atoms. The molecular formula is C26H33F2N3O3Si. The quantitative estimate of drug-likeness (QED) is 0.300. The highest BCUT2D eigenvalue weighted by Gasteiger charge is 2.43. The number of fused-ring (bicyclic) bond motifs is 1. The Balaban J connectivity index is 1.75. The summed E-state index contributed by atoms with van der Waals surface area (Å²) in [5, 5.41) is 4.27. The standard InChI is InChI=1S/C26H33F2N3O3Si/c1-7-33-25(32)21-15-29-31-11-10-18(13-24(21)31)30-16-19(34-35(5,6)26(2,3)4)14-23(30)20-12-17(27)8-9-22(20)28/h8-13,15,19,23H,7,14,16H2,1-6H3/t19-,23-/m1/s1. The zero-order chi connectivity index (χ0) is 25.5. The third-order valence-corrected chi connectivity index (χ3v) is 11.7. The Labute approximate surface area is 206 Å². The summed E-state index contributed by atoms with van der Waals surface area (Å²) in [4.78, 5) is 14.5. The summed E-state index contributed by atoms with van der Waals surface area (Å²) >= 11 is 0. The van der Waals surface area contributed by atoms with Gasteiger partial charge in [0, 0.05) is 24.0 Å². The Morgan fingerprint density at radius 3 is 2.63 bits per heavy atom. The summed E-state index contributed by atoms with van der Waals surface area (Å²) < 4.78 is 42.6. The maximum Gasteiger partial charge on any atom is 0.341 e.